The maximum Gasteiger partial charge on any atom is 0.127 e. The highest BCUT2D eigenvalue weighted by Gasteiger charge is 2.11. The molecule has 0 radical (unpaired) electrons. The maximum atomic E-state index is 5.42. The molecule has 3 nitrogen and oxygen atoms in total. The number of ether oxygens (including phenoxy) is 2. The fourth-order valence-corrected chi connectivity index (χ4v) is 3.14. The van der Waals surface area contributed by atoms with E-state index in [2.05, 4.69) is 30.6 Å². The van der Waals surface area contributed by atoms with Gasteiger partial charge in [-0.15, -0.1) is 11.3 Å². The Morgan fingerprint density at radius 3 is 2.60 bits per heavy atom. The molecule has 0 amide bonds. The molecule has 0 bridgehead atoms. The van der Waals surface area contributed by atoms with Gasteiger partial charge < -0.3 is 14.8 Å². The van der Waals surface area contributed by atoms with Crippen LogP contribution >= 0.6 is 11.3 Å². The van der Waals surface area contributed by atoms with E-state index in [0.29, 0.717) is 6.04 Å². The largest absolute Gasteiger partial charge is 0.497 e. The van der Waals surface area contributed by atoms with Crippen molar-refractivity contribution in [2.24, 2.45) is 0 Å². The van der Waals surface area contributed by atoms with Crippen LogP contribution < -0.4 is 14.8 Å². The molecule has 0 aliphatic carbocycles. The van der Waals surface area contributed by atoms with E-state index in [1.165, 1.54) is 10.4 Å². The molecule has 1 N–H and O–H groups in total. The van der Waals surface area contributed by atoms with Gasteiger partial charge in [0.25, 0.3) is 0 Å². The molecule has 4 heteroatoms. The standard InChI is InChI=1S/C16H21NO2S/c1-11-7-8-20-16(11)12(2)17-10-13-5-6-14(18-3)9-15(13)19-4/h5-9,12,17H,10H2,1-4H3. The van der Waals surface area contributed by atoms with Crippen LogP contribution in [-0.2, 0) is 6.54 Å². The molecule has 1 aromatic heterocycles. The van der Waals surface area contributed by atoms with Gasteiger partial charge in [0.1, 0.15) is 11.5 Å². The molecule has 1 atom stereocenters. The Labute approximate surface area is 124 Å². The lowest BCUT2D eigenvalue weighted by Crippen LogP contribution is -2.18. The summed E-state index contributed by atoms with van der Waals surface area (Å²) >= 11 is 1.80. The van der Waals surface area contributed by atoms with Gasteiger partial charge in [0.15, 0.2) is 0 Å². The van der Waals surface area contributed by atoms with E-state index < -0.39 is 0 Å². The monoisotopic (exact) mass is 291 g/mol. The molecule has 108 valence electrons. The highest BCUT2D eigenvalue weighted by atomic mass is 32.1. The van der Waals surface area contributed by atoms with Gasteiger partial charge in [0.2, 0.25) is 0 Å². The lowest BCUT2D eigenvalue weighted by Gasteiger charge is -2.16. The quantitative estimate of drug-likeness (QED) is 0.875. The van der Waals surface area contributed by atoms with E-state index >= 15 is 0 Å². The van der Waals surface area contributed by atoms with Gasteiger partial charge >= 0.3 is 0 Å². The third-order valence-corrected chi connectivity index (χ3v) is 4.59. The molecule has 0 saturated heterocycles. The Morgan fingerprint density at radius 1 is 1.20 bits per heavy atom. The summed E-state index contributed by atoms with van der Waals surface area (Å²) in [5, 5.41) is 5.68. The van der Waals surface area contributed by atoms with Crippen molar-refractivity contribution in [3.8, 4) is 11.5 Å². The first-order valence-electron chi connectivity index (χ1n) is 6.64. The van der Waals surface area contributed by atoms with Gasteiger partial charge in [-0.1, -0.05) is 6.07 Å². The summed E-state index contributed by atoms with van der Waals surface area (Å²) in [5.41, 5.74) is 2.48. The molecule has 2 rings (SSSR count). The number of nitrogens with one attached hydrogen (secondary N) is 1. The van der Waals surface area contributed by atoms with Gasteiger partial charge in [-0.25, -0.2) is 0 Å². The van der Waals surface area contributed by atoms with Gasteiger partial charge in [-0.3, -0.25) is 0 Å². The fourth-order valence-electron chi connectivity index (χ4n) is 2.18. The molecule has 0 aliphatic heterocycles. The van der Waals surface area contributed by atoms with Crippen molar-refractivity contribution in [1.29, 1.82) is 0 Å². The van der Waals surface area contributed by atoms with E-state index in [4.69, 9.17) is 9.47 Å². The summed E-state index contributed by atoms with van der Waals surface area (Å²) in [5.74, 6) is 1.67. The zero-order valence-corrected chi connectivity index (χ0v) is 13.2. The first-order valence-corrected chi connectivity index (χ1v) is 7.52. The molecule has 20 heavy (non-hydrogen) atoms. The molecule has 0 aliphatic rings. The van der Waals surface area contributed by atoms with Crippen molar-refractivity contribution in [1.82, 2.24) is 5.32 Å². The lowest BCUT2D eigenvalue weighted by atomic mass is 10.1. The first-order chi connectivity index (χ1) is 9.65. The average Bonchev–Trinajstić information content (AvgIpc) is 2.90. The number of methoxy groups -OCH3 is 2. The molecule has 2 aromatic rings. The Hall–Kier alpha value is -1.52. The molecule has 1 unspecified atom stereocenters. The molecule has 1 aromatic carbocycles. The van der Waals surface area contributed by atoms with E-state index in [1.807, 2.05) is 18.2 Å². The van der Waals surface area contributed by atoms with Crippen molar-refractivity contribution >= 4 is 11.3 Å². The number of hydrogen-bond acceptors (Lipinski definition) is 4. The summed E-state index contributed by atoms with van der Waals surface area (Å²) in [6.45, 7) is 5.11. The average molecular weight is 291 g/mol. The normalized spacial score (nSPS) is 12.2. The topological polar surface area (TPSA) is 30.5 Å². The number of hydrogen-bond donors (Lipinski definition) is 1. The number of benzene rings is 1. The Kier molecular flexibility index (Phi) is 5.04. The second kappa shape index (κ2) is 6.77. The fraction of sp³-hybridized carbons (Fsp3) is 0.375. The highest BCUT2D eigenvalue weighted by molar-refractivity contribution is 7.10. The zero-order chi connectivity index (χ0) is 14.5. The summed E-state index contributed by atoms with van der Waals surface area (Å²) in [4.78, 5) is 1.39. The second-order valence-electron chi connectivity index (χ2n) is 4.75. The Balaban J connectivity index is 2.05. The highest BCUT2D eigenvalue weighted by Crippen LogP contribution is 2.27. The molecule has 0 spiro atoms. The van der Waals surface area contributed by atoms with Crippen molar-refractivity contribution in [2.75, 3.05) is 14.2 Å². The van der Waals surface area contributed by atoms with Gasteiger partial charge in [-0.05, 0) is 36.9 Å². The van der Waals surface area contributed by atoms with Crippen LogP contribution in [0.5, 0.6) is 11.5 Å². The summed E-state index contributed by atoms with van der Waals surface area (Å²) in [6.07, 6.45) is 0. The minimum Gasteiger partial charge on any atom is -0.497 e. The number of rotatable bonds is 6. The Bertz CT molecular complexity index is 565. The number of aryl methyl sites for hydroxylation is 1. The van der Waals surface area contributed by atoms with E-state index in [-0.39, 0.29) is 0 Å². The molecule has 1 heterocycles. The zero-order valence-electron chi connectivity index (χ0n) is 12.4. The molecular weight excluding hydrogens is 270 g/mol. The minimum atomic E-state index is 0.335. The smallest absolute Gasteiger partial charge is 0.127 e. The lowest BCUT2D eigenvalue weighted by molar-refractivity contribution is 0.389. The SMILES string of the molecule is COc1ccc(CNC(C)c2sccc2C)c(OC)c1. The van der Waals surface area contributed by atoms with E-state index in [9.17, 15) is 0 Å². The first kappa shape index (κ1) is 14.9. The van der Waals surface area contributed by atoms with Gasteiger partial charge in [-0.2, -0.15) is 0 Å². The predicted octanol–water partition coefficient (Wildman–Crippen LogP) is 3.92. The maximum absolute atomic E-state index is 5.42. The molecular formula is C16H21NO2S. The van der Waals surface area contributed by atoms with Crippen LogP contribution in [0.1, 0.15) is 29.0 Å². The minimum absolute atomic E-state index is 0.335. The van der Waals surface area contributed by atoms with Crippen LogP contribution in [0.2, 0.25) is 0 Å². The van der Waals surface area contributed by atoms with Gasteiger partial charge in [0, 0.05) is 29.1 Å². The summed E-state index contributed by atoms with van der Waals surface area (Å²) in [7, 11) is 3.35. The molecule has 0 saturated carbocycles. The van der Waals surface area contributed by atoms with Crippen LogP contribution in [0.3, 0.4) is 0 Å². The second-order valence-corrected chi connectivity index (χ2v) is 5.70. The third kappa shape index (κ3) is 3.32. The summed E-state index contributed by atoms with van der Waals surface area (Å²) in [6, 6.07) is 8.41. The van der Waals surface area contributed by atoms with Crippen molar-refractivity contribution in [2.45, 2.75) is 26.4 Å². The molecule has 0 fully saturated rings. The van der Waals surface area contributed by atoms with E-state index in [0.717, 1.165) is 23.6 Å². The van der Waals surface area contributed by atoms with E-state index in [1.54, 1.807) is 25.6 Å². The van der Waals surface area contributed by atoms with Crippen molar-refractivity contribution in [3.05, 3.63) is 45.6 Å². The van der Waals surface area contributed by atoms with Crippen LogP contribution in [0.25, 0.3) is 0 Å². The van der Waals surface area contributed by atoms with Crippen LogP contribution in [0.15, 0.2) is 29.6 Å². The summed E-state index contributed by atoms with van der Waals surface area (Å²) < 4.78 is 10.6. The van der Waals surface area contributed by atoms with Crippen molar-refractivity contribution < 1.29 is 9.47 Å². The Morgan fingerprint density at radius 2 is 2.00 bits per heavy atom. The third-order valence-electron chi connectivity index (χ3n) is 3.39. The van der Waals surface area contributed by atoms with Crippen LogP contribution in [-0.4, -0.2) is 14.2 Å². The van der Waals surface area contributed by atoms with Crippen molar-refractivity contribution in [3.63, 3.8) is 0 Å². The number of thiophene rings is 1. The van der Waals surface area contributed by atoms with Crippen LogP contribution in [0.4, 0.5) is 0 Å². The van der Waals surface area contributed by atoms with Gasteiger partial charge in [0.05, 0.1) is 14.2 Å². The van der Waals surface area contributed by atoms with Crippen LogP contribution in [0, 0.1) is 6.92 Å². The predicted molar refractivity (Wildman–Crippen MR) is 83.9 cm³/mol.